The van der Waals surface area contributed by atoms with Crippen LogP contribution in [-0.4, -0.2) is 57.2 Å². The Morgan fingerprint density at radius 3 is 2.67 bits per heavy atom. The third-order valence-corrected chi connectivity index (χ3v) is 5.54. The predicted molar refractivity (Wildman–Crippen MR) is 96.6 cm³/mol. The molecule has 0 bridgehead atoms. The number of nitrogens with zero attached hydrogens (tertiary/aromatic N) is 2. The normalized spacial score (nSPS) is 19.2. The van der Waals surface area contributed by atoms with Crippen molar-refractivity contribution in [2.75, 3.05) is 42.6 Å². The number of benzene rings is 1. The van der Waals surface area contributed by atoms with Crippen LogP contribution in [0.4, 0.5) is 11.4 Å². The molecule has 1 aliphatic rings. The van der Waals surface area contributed by atoms with Gasteiger partial charge < -0.3 is 16.4 Å². The third-order valence-electron chi connectivity index (χ3n) is 4.28. The molecule has 0 spiro atoms. The van der Waals surface area contributed by atoms with Crippen LogP contribution in [0.15, 0.2) is 30.2 Å². The molecule has 7 nitrogen and oxygen atoms in total. The summed E-state index contributed by atoms with van der Waals surface area (Å²) in [5, 5.41) is 1.01. The number of amides is 1. The van der Waals surface area contributed by atoms with Gasteiger partial charge in [-0.25, -0.2) is 8.42 Å². The average Bonchev–Trinajstić information content (AvgIpc) is 2.53. The zero-order chi connectivity index (χ0) is 17.9. The lowest BCUT2D eigenvalue weighted by Crippen LogP contribution is -2.53. The van der Waals surface area contributed by atoms with Crippen molar-refractivity contribution in [2.24, 2.45) is 5.73 Å². The van der Waals surface area contributed by atoms with Gasteiger partial charge in [-0.15, -0.1) is 0 Å². The van der Waals surface area contributed by atoms with Gasteiger partial charge in [0.1, 0.15) is 0 Å². The van der Waals surface area contributed by atoms with Crippen molar-refractivity contribution in [3.05, 3.63) is 35.7 Å². The average molecular weight is 352 g/mol. The first-order chi connectivity index (χ1) is 11.2. The van der Waals surface area contributed by atoms with Gasteiger partial charge in [0.2, 0.25) is 5.91 Å². The number of nitrogens with two attached hydrogens (primary N) is 2. The molecule has 0 radical (unpaired) electrons. The molecule has 0 saturated carbocycles. The number of piperazine rings is 1. The third kappa shape index (κ3) is 4.27. The predicted octanol–water partition coefficient (Wildman–Crippen LogP) is 0.437. The lowest BCUT2D eigenvalue weighted by molar-refractivity contribution is 0.100. The molecule has 1 heterocycles. The number of primary amides is 1. The van der Waals surface area contributed by atoms with Crippen LogP contribution in [-0.2, 0) is 9.84 Å². The van der Waals surface area contributed by atoms with Crippen LogP contribution in [0, 0.1) is 0 Å². The largest absolute Gasteiger partial charge is 0.397 e. The molecule has 132 valence electrons. The van der Waals surface area contributed by atoms with Gasteiger partial charge >= 0.3 is 0 Å². The number of anilines is 2. The number of carbonyl (C=O) groups excluding carboxylic acids is 1. The molecule has 1 aromatic rings. The topological polar surface area (TPSA) is 110 Å². The molecule has 4 N–H and O–H groups in total. The molecule has 0 aromatic heterocycles. The minimum atomic E-state index is -3.18. The molecule has 0 aliphatic carbocycles. The molecule has 1 unspecified atom stereocenters. The molecule has 2 rings (SSSR count). The van der Waals surface area contributed by atoms with E-state index in [9.17, 15) is 13.2 Å². The summed E-state index contributed by atoms with van der Waals surface area (Å²) in [6.07, 6.45) is 0. The Hall–Kier alpha value is -2.06. The highest BCUT2D eigenvalue weighted by atomic mass is 32.2. The Balaban J connectivity index is 2.03. The van der Waals surface area contributed by atoms with E-state index in [2.05, 4.69) is 23.3 Å². The Kier molecular flexibility index (Phi) is 5.51. The van der Waals surface area contributed by atoms with Crippen molar-refractivity contribution in [1.29, 1.82) is 0 Å². The fourth-order valence-corrected chi connectivity index (χ4v) is 3.58. The smallest absolute Gasteiger partial charge is 0.248 e. The standard InChI is InChI=1S/C16H24N4O3S/c1-3-24(22,23)9-8-19-6-7-20(12(2)11-19)15-5-4-13(16(18)21)10-14(15)17/h3-5,10,12H,1,6-9,11,17H2,2H3,(H2,18,21). The minimum absolute atomic E-state index is 0.0820. The maximum absolute atomic E-state index is 11.5. The molecule has 8 heteroatoms. The number of rotatable bonds is 6. The first kappa shape index (κ1) is 18.3. The summed E-state index contributed by atoms with van der Waals surface area (Å²) in [7, 11) is -3.18. The molecule has 1 aromatic carbocycles. The number of hydrogen-bond donors (Lipinski definition) is 2. The van der Waals surface area contributed by atoms with Gasteiger partial charge in [0, 0.05) is 43.2 Å². The van der Waals surface area contributed by atoms with Gasteiger partial charge in [0.15, 0.2) is 9.84 Å². The van der Waals surface area contributed by atoms with Gasteiger partial charge in [0.05, 0.1) is 17.1 Å². The second-order valence-corrected chi connectivity index (χ2v) is 8.08. The first-order valence-electron chi connectivity index (χ1n) is 7.77. The summed E-state index contributed by atoms with van der Waals surface area (Å²) in [6, 6.07) is 5.24. The van der Waals surface area contributed by atoms with E-state index in [-0.39, 0.29) is 11.8 Å². The van der Waals surface area contributed by atoms with Gasteiger partial charge in [-0.1, -0.05) is 6.58 Å². The van der Waals surface area contributed by atoms with E-state index in [4.69, 9.17) is 11.5 Å². The van der Waals surface area contributed by atoms with E-state index in [1.165, 1.54) is 0 Å². The van der Waals surface area contributed by atoms with Crippen LogP contribution in [0.25, 0.3) is 0 Å². The fourth-order valence-electron chi connectivity index (χ4n) is 2.90. The van der Waals surface area contributed by atoms with Crippen molar-refractivity contribution >= 4 is 27.1 Å². The summed E-state index contributed by atoms with van der Waals surface area (Å²) in [6.45, 7) is 8.10. The van der Waals surface area contributed by atoms with E-state index in [0.717, 1.165) is 30.7 Å². The Morgan fingerprint density at radius 1 is 1.42 bits per heavy atom. The SMILES string of the molecule is C=CS(=O)(=O)CCN1CCN(c2ccc(C(N)=O)cc2N)C(C)C1. The van der Waals surface area contributed by atoms with E-state index >= 15 is 0 Å². The monoisotopic (exact) mass is 352 g/mol. The molecular formula is C16H24N4O3S. The van der Waals surface area contributed by atoms with Crippen molar-refractivity contribution < 1.29 is 13.2 Å². The van der Waals surface area contributed by atoms with Gasteiger partial charge in [-0.05, 0) is 25.1 Å². The van der Waals surface area contributed by atoms with Crippen molar-refractivity contribution in [1.82, 2.24) is 4.90 Å². The quantitative estimate of drug-likeness (QED) is 0.719. The Labute approximate surface area is 142 Å². The molecule has 1 fully saturated rings. The van der Waals surface area contributed by atoms with Crippen LogP contribution < -0.4 is 16.4 Å². The van der Waals surface area contributed by atoms with Crippen LogP contribution in [0.2, 0.25) is 0 Å². The van der Waals surface area contributed by atoms with Crippen molar-refractivity contribution in [3.8, 4) is 0 Å². The van der Waals surface area contributed by atoms with Gasteiger partial charge in [0.25, 0.3) is 0 Å². The molecule has 1 aliphatic heterocycles. The lowest BCUT2D eigenvalue weighted by atomic mass is 10.1. The maximum atomic E-state index is 11.5. The Morgan fingerprint density at radius 2 is 2.12 bits per heavy atom. The van der Waals surface area contributed by atoms with E-state index in [0.29, 0.717) is 17.8 Å². The molecule has 1 saturated heterocycles. The van der Waals surface area contributed by atoms with Crippen LogP contribution in [0.5, 0.6) is 0 Å². The Bertz CT molecular complexity index is 733. The van der Waals surface area contributed by atoms with Crippen LogP contribution in [0.1, 0.15) is 17.3 Å². The summed E-state index contributed by atoms with van der Waals surface area (Å²) in [4.78, 5) is 15.5. The second kappa shape index (κ2) is 7.23. The fraction of sp³-hybridized carbons (Fsp3) is 0.438. The number of sulfone groups is 1. The lowest BCUT2D eigenvalue weighted by Gasteiger charge is -2.41. The highest BCUT2D eigenvalue weighted by Crippen LogP contribution is 2.28. The summed E-state index contributed by atoms with van der Waals surface area (Å²) < 4.78 is 23.1. The minimum Gasteiger partial charge on any atom is -0.397 e. The van der Waals surface area contributed by atoms with Gasteiger partial charge in [-0.3, -0.25) is 9.69 Å². The zero-order valence-corrected chi connectivity index (χ0v) is 14.6. The summed E-state index contributed by atoms with van der Waals surface area (Å²) >= 11 is 0. The molecule has 1 atom stereocenters. The summed E-state index contributed by atoms with van der Waals surface area (Å²) in [5.74, 6) is -0.423. The number of carbonyl (C=O) groups is 1. The highest BCUT2D eigenvalue weighted by Gasteiger charge is 2.25. The molecule has 24 heavy (non-hydrogen) atoms. The zero-order valence-electron chi connectivity index (χ0n) is 13.8. The first-order valence-corrected chi connectivity index (χ1v) is 9.48. The molecule has 1 amide bonds. The van der Waals surface area contributed by atoms with Crippen LogP contribution in [0.3, 0.4) is 0 Å². The van der Waals surface area contributed by atoms with Crippen molar-refractivity contribution in [2.45, 2.75) is 13.0 Å². The van der Waals surface area contributed by atoms with E-state index in [1.807, 2.05) is 6.07 Å². The van der Waals surface area contributed by atoms with Crippen LogP contribution >= 0.6 is 0 Å². The summed E-state index contributed by atoms with van der Waals surface area (Å²) in [5.41, 5.74) is 13.1. The van der Waals surface area contributed by atoms with Gasteiger partial charge in [-0.2, -0.15) is 0 Å². The maximum Gasteiger partial charge on any atom is 0.248 e. The molecular weight excluding hydrogens is 328 g/mol. The second-order valence-electron chi connectivity index (χ2n) is 6.01. The van der Waals surface area contributed by atoms with E-state index in [1.54, 1.807) is 12.1 Å². The number of nitrogen functional groups attached to an aromatic ring is 1. The highest BCUT2D eigenvalue weighted by molar-refractivity contribution is 7.94. The van der Waals surface area contributed by atoms with Crippen molar-refractivity contribution in [3.63, 3.8) is 0 Å². The number of hydrogen-bond acceptors (Lipinski definition) is 6. The van der Waals surface area contributed by atoms with E-state index < -0.39 is 15.7 Å².